The molecule has 11 heteroatoms. The Kier molecular flexibility index (Phi) is 10.5. The van der Waals surface area contributed by atoms with Crippen molar-refractivity contribution in [2.45, 2.75) is 25.9 Å². The number of para-hydroxylation sites is 1. The van der Waals surface area contributed by atoms with E-state index in [1.54, 1.807) is 18.2 Å². The fourth-order valence-corrected chi connectivity index (χ4v) is 5.61. The molecule has 4 aromatic carbocycles. The number of rotatable bonds is 12. The van der Waals surface area contributed by atoms with Crippen molar-refractivity contribution in [2.24, 2.45) is 5.10 Å². The van der Waals surface area contributed by atoms with Gasteiger partial charge >= 0.3 is 0 Å². The van der Waals surface area contributed by atoms with Gasteiger partial charge in [-0.2, -0.15) is 5.10 Å². The first-order valence-electron chi connectivity index (χ1n) is 14.5. The van der Waals surface area contributed by atoms with Crippen LogP contribution >= 0.6 is 11.8 Å². The summed E-state index contributed by atoms with van der Waals surface area (Å²) < 4.78 is 13.1. The Morgan fingerprint density at radius 1 is 0.870 bits per heavy atom. The molecule has 0 atom stereocenters. The summed E-state index contributed by atoms with van der Waals surface area (Å²) >= 11 is 1.26. The molecule has 5 aromatic rings. The van der Waals surface area contributed by atoms with Gasteiger partial charge in [-0.05, 0) is 67.8 Å². The summed E-state index contributed by atoms with van der Waals surface area (Å²) in [6.45, 7) is 5.75. The summed E-state index contributed by atoms with van der Waals surface area (Å²) in [4.78, 5) is 25.3. The minimum absolute atomic E-state index is 0.0803. The molecule has 10 nitrogen and oxygen atoms in total. The van der Waals surface area contributed by atoms with Crippen LogP contribution in [0.3, 0.4) is 0 Å². The normalized spacial score (nSPS) is 11.0. The van der Waals surface area contributed by atoms with Crippen molar-refractivity contribution < 1.29 is 19.1 Å². The minimum Gasteiger partial charge on any atom is -0.493 e. The van der Waals surface area contributed by atoms with Gasteiger partial charge in [0.15, 0.2) is 29.1 Å². The molecule has 0 saturated carbocycles. The number of carbonyl (C=O) groups excluding carboxylic acids is 2. The van der Waals surface area contributed by atoms with Crippen molar-refractivity contribution in [2.75, 3.05) is 24.8 Å². The number of benzene rings is 4. The molecule has 0 saturated heterocycles. The summed E-state index contributed by atoms with van der Waals surface area (Å²) in [5.74, 6) is 1.02. The molecular weight excluding hydrogens is 600 g/mol. The lowest BCUT2D eigenvalue weighted by Gasteiger charge is -2.14. The Morgan fingerprint density at radius 3 is 2.26 bits per heavy atom. The number of hydrazone groups is 1. The second-order valence-electron chi connectivity index (χ2n) is 10.4. The predicted molar refractivity (Wildman–Crippen MR) is 181 cm³/mol. The highest BCUT2D eigenvalue weighted by Gasteiger charge is 2.17. The second kappa shape index (κ2) is 15.0. The van der Waals surface area contributed by atoms with Crippen LogP contribution in [0.15, 0.2) is 101 Å². The SMILES string of the molecule is COc1cc(C=NNC(=O)CSc2nnc(-c3ccccc3)n2-c2ccccc2)ccc1OCC(=O)Nc1c(C)cc(C)cc1C. The van der Waals surface area contributed by atoms with Crippen LogP contribution < -0.4 is 20.2 Å². The van der Waals surface area contributed by atoms with E-state index in [1.165, 1.54) is 25.1 Å². The molecule has 0 bridgehead atoms. The first kappa shape index (κ1) is 32.0. The van der Waals surface area contributed by atoms with Gasteiger partial charge in [0.25, 0.3) is 11.8 Å². The average molecular weight is 635 g/mol. The summed E-state index contributed by atoms with van der Waals surface area (Å²) in [5.41, 5.74) is 8.94. The van der Waals surface area contributed by atoms with Crippen LogP contribution in [0, 0.1) is 20.8 Å². The van der Waals surface area contributed by atoms with Crippen LogP contribution in [0.2, 0.25) is 0 Å². The smallest absolute Gasteiger partial charge is 0.262 e. The van der Waals surface area contributed by atoms with Crippen LogP contribution in [0.4, 0.5) is 5.69 Å². The number of ether oxygens (including phenoxy) is 2. The average Bonchev–Trinajstić information content (AvgIpc) is 3.49. The number of nitrogens with one attached hydrogen (secondary N) is 2. The van der Waals surface area contributed by atoms with Crippen LogP contribution in [-0.2, 0) is 9.59 Å². The zero-order valence-electron chi connectivity index (χ0n) is 26.0. The zero-order valence-corrected chi connectivity index (χ0v) is 26.8. The number of hydrogen-bond acceptors (Lipinski definition) is 8. The van der Waals surface area contributed by atoms with Crippen LogP contribution in [-0.4, -0.2) is 52.3 Å². The van der Waals surface area contributed by atoms with Gasteiger partial charge in [0.05, 0.1) is 19.1 Å². The lowest BCUT2D eigenvalue weighted by atomic mass is 10.1. The van der Waals surface area contributed by atoms with Crippen molar-refractivity contribution >= 4 is 35.5 Å². The molecule has 1 aromatic heterocycles. The molecule has 0 aliphatic rings. The molecule has 234 valence electrons. The number of nitrogens with zero attached hydrogens (tertiary/aromatic N) is 4. The lowest BCUT2D eigenvalue weighted by molar-refractivity contribution is -0.119. The maximum Gasteiger partial charge on any atom is 0.262 e. The van der Waals surface area contributed by atoms with Crippen molar-refractivity contribution in [3.8, 4) is 28.6 Å². The molecule has 0 unspecified atom stereocenters. The van der Waals surface area contributed by atoms with E-state index in [-0.39, 0.29) is 24.2 Å². The fraction of sp³-hybridized carbons (Fsp3) is 0.171. The maximum atomic E-state index is 12.7. The fourth-order valence-electron chi connectivity index (χ4n) is 4.87. The van der Waals surface area contributed by atoms with Crippen molar-refractivity contribution in [1.29, 1.82) is 0 Å². The number of aromatic nitrogens is 3. The van der Waals surface area contributed by atoms with E-state index in [4.69, 9.17) is 9.47 Å². The number of methoxy groups -OCH3 is 1. The van der Waals surface area contributed by atoms with Crippen LogP contribution in [0.5, 0.6) is 11.5 Å². The highest BCUT2D eigenvalue weighted by atomic mass is 32.2. The van der Waals surface area contributed by atoms with Gasteiger partial charge in [0, 0.05) is 16.9 Å². The van der Waals surface area contributed by atoms with Crippen LogP contribution in [0.25, 0.3) is 17.1 Å². The predicted octanol–water partition coefficient (Wildman–Crippen LogP) is 6.13. The van der Waals surface area contributed by atoms with Gasteiger partial charge in [0.2, 0.25) is 0 Å². The number of amides is 2. The first-order valence-corrected chi connectivity index (χ1v) is 15.5. The molecule has 46 heavy (non-hydrogen) atoms. The van der Waals surface area contributed by atoms with E-state index in [9.17, 15) is 9.59 Å². The van der Waals surface area contributed by atoms with Crippen molar-refractivity contribution in [1.82, 2.24) is 20.2 Å². The Balaban J connectivity index is 1.17. The third-order valence-electron chi connectivity index (χ3n) is 6.90. The maximum absolute atomic E-state index is 12.7. The van der Waals surface area contributed by atoms with Gasteiger partial charge in [-0.3, -0.25) is 14.2 Å². The molecule has 5 rings (SSSR count). The van der Waals surface area contributed by atoms with Gasteiger partial charge in [-0.15, -0.1) is 10.2 Å². The van der Waals surface area contributed by atoms with E-state index in [0.29, 0.717) is 28.0 Å². The molecule has 2 N–H and O–H groups in total. The number of aryl methyl sites for hydroxylation is 3. The monoisotopic (exact) mass is 634 g/mol. The molecule has 0 fully saturated rings. The van der Waals surface area contributed by atoms with E-state index in [0.717, 1.165) is 33.6 Å². The number of hydrogen-bond donors (Lipinski definition) is 2. The number of thioether (sulfide) groups is 1. The summed E-state index contributed by atoms with van der Waals surface area (Å²) in [7, 11) is 1.51. The Hall–Kier alpha value is -5.42. The topological polar surface area (TPSA) is 120 Å². The Labute approximate surface area is 271 Å². The van der Waals surface area contributed by atoms with Gasteiger partial charge in [0.1, 0.15) is 0 Å². The second-order valence-corrected chi connectivity index (χ2v) is 11.4. The van der Waals surface area contributed by atoms with Crippen molar-refractivity contribution in [3.63, 3.8) is 0 Å². The molecular formula is C35H34N6O4S. The standard InChI is InChI=1S/C35H34N6O4S/c1-23-17-24(2)33(25(3)18-23)37-31(42)21-45-29-16-15-26(19-30(29)44-4)20-36-38-32(43)22-46-35-40-39-34(27-11-7-5-8-12-27)41(35)28-13-9-6-10-14-28/h5-20H,21-22H2,1-4H3,(H,37,42)(H,38,43). The molecule has 0 radical (unpaired) electrons. The van der Waals surface area contributed by atoms with Gasteiger partial charge in [-0.1, -0.05) is 78.0 Å². The number of carbonyl (C=O) groups is 2. The molecule has 0 spiro atoms. The van der Waals surface area contributed by atoms with E-state index in [2.05, 4.69) is 26.0 Å². The van der Waals surface area contributed by atoms with E-state index in [1.807, 2.05) is 98.1 Å². The summed E-state index contributed by atoms with van der Waals surface area (Å²) in [6.07, 6.45) is 1.50. The highest BCUT2D eigenvalue weighted by molar-refractivity contribution is 7.99. The van der Waals surface area contributed by atoms with Crippen molar-refractivity contribution in [3.05, 3.63) is 113 Å². The quantitative estimate of drug-likeness (QED) is 0.0963. The largest absolute Gasteiger partial charge is 0.493 e. The third kappa shape index (κ3) is 7.99. The Bertz CT molecular complexity index is 1840. The summed E-state index contributed by atoms with van der Waals surface area (Å²) in [5, 5.41) is 16.4. The molecule has 0 aliphatic carbocycles. The molecule has 2 amide bonds. The Morgan fingerprint density at radius 2 is 1.57 bits per heavy atom. The van der Waals surface area contributed by atoms with Gasteiger partial charge in [-0.25, -0.2) is 5.43 Å². The minimum atomic E-state index is -0.304. The summed E-state index contributed by atoms with van der Waals surface area (Å²) in [6, 6.07) is 28.7. The number of anilines is 1. The first-order chi connectivity index (χ1) is 22.3. The third-order valence-corrected chi connectivity index (χ3v) is 7.83. The highest BCUT2D eigenvalue weighted by Crippen LogP contribution is 2.29. The van der Waals surface area contributed by atoms with E-state index < -0.39 is 0 Å². The molecule has 0 aliphatic heterocycles. The zero-order chi connectivity index (χ0) is 32.5. The molecule has 1 heterocycles. The van der Waals surface area contributed by atoms with Gasteiger partial charge < -0.3 is 14.8 Å². The lowest BCUT2D eigenvalue weighted by Crippen LogP contribution is -2.21. The van der Waals surface area contributed by atoms with E-state index >= 15 is 0 Å². The van der Waals surface area contributed by atoms with Crippen LogP contribution in [0.1, 0.15) is 22.3 Å².